The fourth-order valence-corrected chi connectivity index (χ4v) is 7.79. The molecule has 246 valence electrons. The molecule has 2 aromatic carbocycles. The predicted octanol–water partition coefficient (Wildman–Crippen LogP) is 4.16. The number of hydrogen-bond donors (Lipinski definition) is 2. The van der Waals surface area contributed by atoms with Crippen molar-refractivity contribution in [3.63, 3.8) is 0 Å². The summed E-state index contributed by atoms with van der Waals surface area (Å²) in [6.07, 6.45) is 1.82. The molecule has 2 fully saturated rings. The maximum atomic E-state index is 13.8. The summed E-state index contributed by atoms with van der Waals surface area (Å²) in [5, 5.41) is 5.51. The van der Waals surface area contributed by atoms with Gasteiger partial charge in [0.25, 0.3) is 0 Å². The molecular formula is C33H47N5O6S. The highest BCUT2D eigenvalue weighted by Crippen LogP contribution is 2.30. The fraction of sp³-hybridized carbons (Fsp3) is 0.545. The van der Waals surface area contributed by atoms with Crippen LogP contribution in [-0.4, -0.2) is 84.3 Å². The van der Waals surface area contributed by atoms with Gasteiger partial charge in [-0.3, -0.25) is 4.79 Å². The first-order valence-corrected chi connectivity index (χ1v) is 17.3. The van der Waals surface area contributed by atoms with E-state index in [0.717, 1.165) is 15.4 Å². The zero-order valence-electron chi connectivity index (χ0n) is 26.7. The van der Waals surface area contributed by atoms with Gasteiger partial charge < -0.3 is 20.3 Å². The van der Waals surface area contributed by atoms with Gasteiger partial charge in [0, 0.05) is 31.7 Å². The molecule has 0 saturated carbocycles. The molecule has 4 rings (SSSR count). The van der Waals surface area contributed by atoms with E-state index in [1.165, 1.54) is 4.31 Å². The van der Waals surface area contributed by atoms with Gasteiger partial charge in [0.2, 0.25) is 5.91 Å². The van der Waals surface area contributed by atoms with Crippen LogP contribution in [0.4, 0.5) is 9.59 Å². The Balaban J connectivity index is 1.42. The number of urea groups is 1. The monoisotopic (exact) mass is 641 g/mol. The molecule has 12 heteroatoms. The van der Waals surface area contributed by atoms with E-state index in [0.29, 0.717) is 38.8 Å². The Morgan fingerprint density at radius 3 is 2.20 bits per heavy atom. The van der Waals surface area contributed by atoms with Crippen molar-refractivity contribution in [3.8, 4) is 0 Å². The summed E-state index contributed by atoms with van der Waals surface area (Å²) in [4.78, 5) is 41.3. The van der Waals surface area contributed by atoms with Crippen LogP contribution >= 0.6 is 0 Å². The van der Waals surface area contributed by atoms with Crippen molar-refractivity contribution in [2.45, 2.75) is 78.1 Å². The van der Waals surface area contributed by atoms with Gasteiger partial charge in [0.1, 0.15) is 12.6 Å². The summed E-state index contributed by atoms with van der Waals surface area (Å²) in [6.45, 7) is 8.74. The van der Waals surface area contributed by atoms with Crippen molar-refractivity contribution in [1.29, 1.82) is 0 Å². The number of alkyl carbamates (subject to hydrolysis) is 1. The van der Waals surface area contributed by atoms with Gasteiger partial charge in [-0.25, -0.2) is 13.9 Å². The minimum absolute atomic E-state index is 0.0573. The Morgan fingerprint density at radius 1 is 0.933 bits per heavy atom. The zero-order chi connectivity index (χ0) is 32.6. The van der Waals surface area contributed by atoms with E-state index in [4.69, 9.17) is 4.74 Å². The van der Waals surface area contributed by atoms with E-state index in [2.05, 4.69) is 10.6 Å². The molecule has 45 heavy (non-hydrogen) atoms. The van der Waals surface area contributed by atoms with Gasteiger partial charge in [-0.1, -0.05) is 88.4 Å². The van der Waals surface area contributed by atoms with Crippen LogP contribution in [0.15, 0.2) is 60.7 Å². The van der Waals surface area contributed by atoms with E-state index in [1.54, 1.807) is 4.90 Å². The summed E-state index contributed by atoms with van der Waals surface area (Å²) in [6, 6.07) is 16.7. The molecule has 0 unspecified atom stereocenters. The first-order chi connectivity index (χ1) is 21.5. The highest BCUT2D eigenvalue weighted by Gasteiger charge is 2.48. The zero-order valence-corrected chi connectivity index (χ0v) is 27.5. The second kappa shape index (κ2) is 15.6. The number of rotatable bonds is 12. The van der Waals surface area contributed by atoms with Crippen LogP contribution in [0.1, 0.15) is 58.1 Å². The summed E-state index contributed by atoms with van der Waals surface area (Å²) in [5.41, 5.74) is 1.88. The molecule has 2 heterocycles. The topological polar surface area (TPSA) is 128 Å². The number of likely N-dealkylation sites (tertiary alicyclic amines) is 1. The molecule has 0 aliphatic carbocycles. The molecule has 0 aromatic heterocycles. The molecule has 11 nitrogen and oxygen atoms in total. The van der Waals surface area contributed by atoms with Crippen LogP contribution in [0.5, 0.6) is 0 Å². The van der Waals surface area contributed by atoms with Gasteiger partial charge in [-0.2, -0.15) is 12.7 Å². The number of carbonyl (C=O) groups excluding carboxylic acids is 3. The number of hydrogen-bond acceptors (Lipinski definition) is 6. The minimum atomic E-state index is -4.12. The average Bonchev–Trinajstić information content (AvgIpc) is 3.57. The molecule has 2 aromatic rings. The molecule has 0 radical (unpaired) electrons. The Labute approximate surface area is 267 Å². The SMILES string of the molecule is CC(C)C[C@H]1CN(C(=O)NCCc2ccccc2)S(=O)(=O)N1C[C@@H]1CCCN1C(=O)[C@@H](NC(=O)OCc1ccccc1)C(C)C. The van der Waals surface area contributed by atoms with Crippen LogP contribution in [0.2, 0.25) is 0 Å². The largest absolute Gasteiger partial charge is 0.445 e. The molecule has 0 spiro atoms. The maximum Gasteiger partial charge on any atom is 0.408 e. The third-order valence-corrected chi connectivity index (χ3v) is 10.2. The summed E-state index contributed by atoms with van der Waals surface area (Å²) in [5.74, 6) is -0.287. The third-order valence-electron chi connectivity index (χ3n) is 8.33. The lowest BCUT2D eigenvalue weighted by Gasteiger charge is -2.33. The summed E-state index contributed by atoms with van der Waals surface area (Å²) >= 11 is 0. The van der Waals surface area contributed by atoms with Gasteiger partial charge in [-0.05, 0) is 48.6 Å². The third kappa shape index (κ3) is 8.97. The molecule has 3 atom stereocenters. The van der Waals surface area contributed by atoms with Crippen molar-refractivity contribution in [2.75, 3.05) is 26.2 Å². The van der Waals surface area contributed by atoms with Crippen LogP contribution in [0.25, 0.3) is 0 Å². The molecular weight excluding hydrogens is 594 g/mol. The van der Waals surface area contributed by atoms with E-state index >= 15 is 0 Å². The van der Waals surface area contributed by atoms with Crippen molar-refractivity contribution >= 4 is 28.2 Å². The van der Waals surface area contributed by atoms with Crippen molar-refractivity contribution in [2.24, 2.45) is 11.8 Å². The lowest BCUT2D eigenvalue weighted by atomic mass is 10.0. The van der Waals surface area contributed by atoms with Crippen LogP contribution < -0.4 is 10.6 Å². The lowest BCUT2D eigenvalue weighted by Crippen LogP contribution is -2.55. The Bertz CT molecular complexity index is 1390. The quantitative estimate of drug-likeness (QED) is 0.358. The minimum Gasteiger partial charge on any atom is -0.445 e. The van der Waals surface area contributed by atoms with Crippen molar-refractivity contribution < 1.29 is 27.5 Å². The number of carbonyl (C=O) groups is 3. The van der Waals surface area contributed by atoms with E-state index in [-0.39, 0.29) is 43.5 Å². The van der Waals surface area contributed by atoms with E-state index in [9.17, 15) is 22.8 Å². The highest BCUT2D eigenvalue weighted by atomic mass is 32.2. The van der Waals surface area contributed by atoms with Crippen molar-refractivity contribution in [3.05, 3.63) is 71.8 Å². The second-order valence-corrected chi connectivity index (χ2v) is 14.4. The second-order valence-electron chi connectivity index (χ2n) is 12.6. The number of nitrogens with zero attached hydrogens (tertiary/aromatic N) is 3. The highest BCUT2D eigenvalue weighted by molar-refractivity contribution is 7.87. The number of nitrogens with one attached hydrogen (secondary N) is 2. The summed E-state index contributed by atoms with van der Waals surface area (Å²) in [7, 11) is -4.12. The van der Waals surface area contributed by atoms with Crippen LogP contribution in [0, 0.1) is 11.8 Å². The smallest absolute Gasteiger partial charge is 0.408 e. The van der Waals surface area contributed by atoms with Crippen LogP contribution in [0.3, 0.4) is 0 Å². The first kappa shape index (κ1) is 34.2. The Kier molecular flexibility index (Phi) is 11.8. The van der Waals surface area contributed by atoms with Crippen LogP contribution in [-0.2, 0) is 32.8 Å². The molecule has 2 aliphatic rings. The van der Waals surface area contributed by atoms with Gasteiger partial charge in [0.15, 0.2) is 0 Å². The fourth-order valence-electron chi connectivity index (χ4n) is 6.01. The maximum absolute atomic E-state index is 13.8. The normalized spacial score (nSPS) is 20.4. The Hall–Kier alpha value is -3.64. The summed E-state index contributed by atoms with van der Waals surface area (Å²) < 4.78 is 35.3. The molecule has 2 N–H and O–H groups in total. The molecule has 2 saturated heterocycles. The van der Waals surface area contributed by atoms with Crippen molar-refractivity contribution in [1.82, 2.24) is 24.1 Å². The van der Waals surface area contributed by atoms with E-state index < -0.39 is 34.4 Å². The predicted molar refractivity (Wildman–Crippen MR) is 172 cm³/mol. The standard InChI is InChI=1S/C33H47N5O6S/c1-24(2)20-29-22-38(32(40)34-18-17-26-12-7-5-8-13-26)45(42,43)37(29)21-28-16-11-19-36(28)31(39)30(25(3)4)35-33(41)44-23-27-14-9-6-10-15-27/h5-10,12-15,24-25,28-30H,11,16-23H2,1-4H3,(H,34,40)(H,35,41)/t28-,29-,30-/m0/s1. The molecule has 0 bridgehead atoms. The first-order valence-electron chi connectivity index (χ1n) is 15.9. The number of amides is 4. The molecule has 2 aliphatic heterocycles. The number of ether oxygens (including phenoxy) is 1. The number of benzene rings is 2. The van der Waals surface area contributed by atoms with Gasteiger partial charge >= 0.3 is 22.3 Å². The molecule has 4 amide bonds. The van der Waals surface area contributed by atoms with Gasteiger partial charge in [-0.15, -0.1) is 0 Å². The Morgan fingerprint density at radius 2 is 1.58 bits per heavy atom. The van der Waals surface area contributed by atoms with Gasteiger partial charge in [0.05, 0.1) is 6.54 Å². The lowest BCUT2D eigenvalue weighted by molar-refractivity contribution is -0.135. The van der Waals surface area contributed by atoms with E-state index in [1.807, 2.05) is 88.4 Å². The average molecular weight is 642 g/mol.